The van der Waals surface area contributed by atoms with Crippen molar-refractivity contribution in [1.82, 2.24) is 4.90 Å². The molecule has 2 atom stereocenters. The van der Waals surface area contributed by atoms with Gasteiger partial charge in [0.1, 0.15) is 0 Å². The highest BCUT2D eigenvalue weighted by molar-refractivity contribution is 5.79. The van der Waals surface area contributed by atoms with E-state index in [1.165, 1.54) is 0 Å². The first-order valence-electron chi connectivity index (χ1n) is 6.23. The zero-order chi connectivity index (χ0) is 11.7. The van der Waals surface area contributed by atoms with E-state index >= 15 is 0 Å². The number of aliphatic hydroxyl groups excluding tert-OH is 2. The van der Waals surface area contributed by atoms with Gasteiger partial charge in [0.15, 0.2) is 0 Å². The van der Waals surface area contributed by atoms with Crippen LogP contribution in [0.5, 0.6) is 0 Å². The van der Waals surface area contributed by atoms with Crippen LogP contribution in [0, 0.1) is 11.8 Å². The van der Waals surface area contributed by atoms with E-state index in [9.17, 15) is 15.0 Å². The van der Waals surface area contributed by atoms with Crippen LogP contribution in [-0.4, -0.2) is 46.3 Å². The van der Waals surface area contributed by atoms with Crippen LogP contribution in [-0.2, 0) is 4.79 Å². The molecule has 1 aliphatic carbocycles. The predicted octanol–water partition coefficient (Wildman–Crippen LogP) is 0.377. The van der Waals surface area contributed by atoms with Crippen molar-refractivity contribution in [2.45, 2.75) is 44.8 Å². The monoisotopic (exact) mass is 227 g/mol. The van der Waals surface area contributed by atoms with E-state index in [1.54, 1.807) is 4.90 Å². The highest BCUT2D eigenvalue weighted by atomic mass is 16.3. The third-order valence-corrected chi connectivity index (χ3v) is 3.94. The molecule has 0 bridgehead atoms. The Bertz CT molecular complexity index is 251. The number of rotatable bonds is 1. The SMILES string of the molecule is CC1CCC(C(=O)N2CC(O)C(O)C2)CC1. The lowest BCUT2D eigenvalue weighted by molar-refractivity contribution is -0.136. The number of carbonyl (C=O) groups is 1. The van der Waals surface area contributed by atoms with Gasteiger partial charge in [-0.05, 0) is 31.6 Å². The number of likely N-dealkylation sites (tertiary alicyclic amines) is 1. The van der Waals surface area contributed by atoms with Gasteiger partial charge in [0.05, 0.1) is 12.2 Å². The van der Waals surface area contributed by atoms with Crippen LogP contribution >= 0.6 is 0 Å². The van der Waals surface area contributed by atoms with Crippen LogP contribution in [0.2, 0.25) is 0 Å². The molecule has 4 heteroatoms. The van der Waals surface area contributed by atoms with Gasteiger partial charge in [-0.1, -0.05) is 6.92 Å². The lowest BCUT2D eigenvalue weighted by atomic mass is 9.82. The number of carbonyl (C=O) groups excluding carboxylic acids is 1. The van der Waals surface area contributed by atoms with E-state index < -0.39 is 12.2 Å². The summed E-state index contributed by atoms with van der Waals surface area (Å²) in [7, 11) is 0. The first kappa shape index (κ1) is 11.9. The molecule has 2 N–H and O–H groups in total. The Morgan fingerprint density at radius 1 is 1.06 bits per heavy atom. The topological polar surface area (TPSA) is 60.8 Å². The van der Waals surface area contributed by atoms with Gasteiger partial charge < -0.3 is 15.1 Å². The Hall–Kier alpha value is -0.610. The molecule has 2 fully saturated rings. The summed E-state index contributed by atoms with van der Waals surface area (Å²) in [6.07, 6.45) is 2.65. The lowest BCUT2D eigenvalue weighted by Gasteiger charge is -2.28. The number of amides is 1. The van der Waals surface area contributed by atoms with Crippen molar-refractivity contribution in [3.8, 4) is 0 Å². The normalized spacial score (nSPS) is 40.1. The van der Waals surface area contributed by atoms with E-state index in [2.05, 4.69) is 6.92 Å². The second-order valence-corrected chi connectivity index (χ2v) is 5.33. The summed E-state index contributed by atoms with van der Waals surface area (Å²) in [6.45, 7) is 2.82. The van der Waals surface area contributed by atoms with E-state index in [0.29, 0.717) is 13.1 Å². The summed E-state index contributed by atoms with van der Waals surface area (Å²) in [4.78, 5) is 13.7. The second kappa shape index (κ2) is 4.72. The first-order valence-corrected chi connectivity index (χ1v) is 6.23. The Labute approximate surface area is 96.3 Å². The molecule has 1 aliphatic heterocycles. The van der Waals surface area contributed by atoms with Gasteiger partial charge in [0.25, 0.3) is 0 Å². The minimum atomic E-state index is -0.758. The van der Waals surface area contributed by atoms with Crippen LogP contribution in [0.25, 0.3) is 0 Å². The van der Waals surface area contributed by atoms with Gasteiger partial charge in [-0.3, -0.25) is 4.79 Å². The largest absolute Gasteiger partial charge is 0.388 e. The Morgan fingerprint density at radius 3 is 2.06 bits per heavy atom. The van der Waals surface area contributed by atoms with Crippen LogP contribution in [0.15, 0.2) is 0 Å². The van der Waals surface area contributed by atoms with Crippen molar-refractivity contribution in [2.75, 3.05) is 13.1 Å². The van der Waals surface area contributed by atoms with Crippen molar-refractivity contribution in [1.29, 1.82) is 0 Å². The number of hydrogen-bond acceptors (Lipinski definition) is 3. The molecule has 0 radical (unpaired) electrons. The minimum Gasteiger partial charge on any atom is -0.388 e. The number of β-amino-alcohol motifs (C(OH)–C–C–N with tert-alkyl or cyclic N) is 2. The molecule has 0 aromatic carbocycles. The Kier molecular flexibility index (Phi) is 3.50. The summed E-state index contributed by atoms with van der Waals surface area (Å²) < 4.78 is 0. The van der Waals surface area contributed by atoms with E-state index in [-0.39, 0.29) is 11.8 Å². The Balaban J connectivity index is 1.88. The summed E-state index contributed by atoms with van der Waals surface area (Å²) in [6, 6.07) is 0. The maximum absolute atomic E-state index is 12.1. The highest BCUT2D eigenvalue weighted by Crippen LogP contribution is 2.30. The molecular weight excluding hydrogens is 206 g/mol. The second-order valence-electron chi connectivity index (χ2n) is 5.33. The van der Waals surface area contributed by atoms with Crippen LogP contribution in [0.1, 0.15) is 32.6 Å². The van der Waals surface area contributed by atoms with Crippen molar-refractivity contribution in [3.63, 3.8) is 0 Å². The van der Waals surface area contributed by atoms with Gasteiger partial charge in [-0.25, -0.2) is 0 Å². The Morgan fingerprint density at radius 2 is 1.56 bits per heavy atom. The number of aliphatic hydroxyl groups is 2. The standard InChI is InChI=1S/C12H21NO3/c1-8-2-4-9(5-3-8)12(16)13-6-10(14)11(15)7-13/h8-11,14-15H,2-7H2,1H3. The zero-order valence-electron chi connectivity index (χ0n) is 9.80. The van der Waals surface area contributed by atoms with Crippen LogP contribution in [0.4, 0.5) is 0 Å². The third-order valence-electron chi connectivity index (χ3n) is 3.94. The molecule has 0 aromatic rings. The molecule has 1 saturated carbocycles. The fraction of sp³-hybridized carbons (Fsp3) is 0.917. The molecule has 4 nitrogen and oxygen atoms in total. The molecule has 2 aliphatic rings. The van der Waals surface area contributed by atoms with Crippen molar-refractivity contribution < 1.29 is 15.0 Å². The fourth-order valence-corrected chi connectivity index (χ4v) is 2.71. The molecule has 0 spiro atoms. The third kappa shape index (κ3) is 2.38. The van der Waals surface area contributed by atoms with Gasteiger partial charge in [0.2, 0.25) is 5.91 Å². The van der Waals surface area contributed by atoms with Crippen LogP contribution in [0.3, 0.4) is 0 Å². The smallest absolute Gasteiger partial charge is 0.225 e. The van der Waals surface area contributed by atoms with Gasteiger partial charge in [-0.15, -0.1) is 0 Å². The molecule has 16 heavy (non-hydrogen) atoms. The lowest BCUT2D eigenvalue weighted by Crippen LogP contribution is -2.36. The summed E-state index contributed by atoms with van der Waals surface area (Å²) in [5, 5.41) is 18.8. The van der Waals surface area contributed by atoms with Gasteiger partial charge in [0, 0.05) is 19.0 Å². The molecule has 2 unspecified atom stereocenters. The highest BCUT2D eigenvalue weighted by Gasteiger charge is 2.36. The molecule has 1 saturated heterocycles. The molecule has 2 rings (SSSR count). The first-order chi connectivity index (χ1) is 7.58. The van der Waals surface area contributed by atoms with Crippen molar-refractivity contribution in [2.24, 2.45) is 11.8 Å². The quantitative estimate of drug-likeness (QED) is 0.680. The number of hydrogen-bond donors (Lipinski definition) is 2. The molecule has 92 valence electrons. The van der Waals surface area contributed by atoms with E-state index in [1.807, 2.05) is 0 Å². The van der Waals surface area contributed by atoms with E-state index in [0.717, 1.165) is 31.6 Å². The van der Waals surface area contributed by atoms with Crippen molar-refractivity contribution in [3.05, 3.63) is 0 Å². The summed E-state index contributed by atoms with van der Waals surface area (Å²) in [5.74, 6) is 0.981. The summed E-state index contributed by atoms with van der Waals surface area (Å²) >= 11 is 0. The maximum Gasteiger partial charge on any atom is 0.225 e. The average molecular weight is 227 g/mol. The average Bonchev–Trinajstić information content (AvgIpc) is 2.59. The maximum atomic E-state index is 12.1. The molecule has 1 heterocycles. The number of nitrogens with zero attached hydrogens (tertiary/aromatic N) is 1. The minimum absolute atomic E-state index is 0.119. The molecule has 1 amide bonds. The van der Waals surface area contributed by atoms with Crippen LogP contribution < -0.4 is 0 Å². The fourth-order valence-electron chi connectivity index (χ4n) is 2.71. The zero-order valence-corrected chi connectivity index (χ0v) is 9.80. The van der Waals surface area contributed by atoms with Gasteiger partial charge in [-0.2, -0.15) is 0 Å². The molecule has 0 aromatic heterocycles. The van der Waals surface area contributed by atoms with E-state index in [4.69, 9.17) is 0 Å². The molecular formula is C12H21NO3. The predicted molar refractivity (Wildman–Crippen MR) is 59.7 cm³/mol. The summed E-state index contributed by atoms with van der Waals surface area (Å²) in [5.41, 5.74) is 0. The van der Waals surface area contributed by atoms with Gasteiger partial charge >= 0.3 is 0 Å². The van der Waals surface area contributed by atoms with Crippen molar-refractivity contribution >= 4 is 5.91 Å².